The van der Waals surface area contributed by atoms with E-state index < -0.39 is 0 Å². The summed E-state index contributed by atoms with van der Waals surface area (Å²) in [5.41, 5.74) is 0.486. The molecule has 2 aliphatic rings. The average Bonchev–Trinajstić information content (AvgIpc) is 2.05. The van der Waals surface area contributed by atoms with Crippen LogP contribution in [-0.4, -0.2) is 25.8 Å². The van der Waals surface area contributed by atoms with E-state index in [2.05, 4.69) is 26.1 Å². The van der Waals surface area contributed by atoms with Crippen LogP contribution in [0.15, 0.2) is 0 Å². The first kappa shape index (κ1) is 12.4. The number of ether oxygens (including phenoxy) is 1. The third-order valence-electron chi connectivity index (χ3n) is 4.09. The minimum atomic E-state index is 0.486. The van der Waals surface area contributed by atoms with Crippen LogP contribution in [0.5, 0.6) is 0 Å². The number of hydrogen-bond acceptors (Lipinski definition) is 2. The smallest absolute Gasteiger partial charge is 0.0582 e. The highest BCUT2D eigenvalue weighted by atomic mass is 16.5. The predicted octanol–water partition coefficient (Wildman–Crippen LogP) is 2.83. The van der Waals surface area contributed by atoms with Gasteiger partial charge in [-0.15, -0.1) is 0 Å². The molecule has 0 aromatic carbocycles. The van der Waals surface area contributed by atoms with E-state index in [1.165, 1.54) is 38.8 Å². The Morgan fingerprint density at radius 2 is 2.00 bits per heavy atom. The van der Waals surface area contributed by atoms with Crippen LogP contribution in [-0.2, 0) is 4.74 Å². The van der Waals surface area contributed by atoms with Crippen LogP contribution in [0.2, 0.25) is 0 Å². The van der Waals surface area contributed by atoms with Crippen LogP contribution in [0.4, 0.5) is 0 Å². The minimum absolute atomic E-state index is 0.486. The Morgan fingerprint density at radius 3 is 2.56 bits per heavy atom. The topological polar surface area (TPSA) is 21.3 Å². The maximum absolute atomic E-state index is 6.07. The summed E-state index contributed by atoms with van der Waals surface area (Å²) in [6.07, 6.45) is 5.65. The van der Waals surface area contributed by atoms with E-state index in [1.807, 2.05) is 0 Å². The Kier molecular flexibility index (Phi) is 3.91. The molecule has 2 rings (SSSR count). The van der Waals surface area contributed by atoms with Crippen molar-refractivity contribution in [2.75, 3.05) is 19.7 Å². The van der Waals surface area contributed by atoms with Gasteiger partial charge in [0.25, 0.3) is 0 Å². The number of rotatable bonds is 4. The first-order chi connectivity index (χ1) is 7.55. The zero-order valence-electron chi connectivity index (χ0n) is 11.1. The maximum Gasteiger partial charge on any atom is 0.0582 e. The number of nitrogens with one attached hydrogen (secondary N) is 1. The Bertz CT molecular complexity index is 223. The molecule has 1 saturated heterocycles. The third-order valence-corrected chi connectivity index (χ3v) is 4.09. The van der Waals surface area contributed by atoms with Crippen molar-refractivity contribution in [3.05, 3.63) is 0 Å². The molecule has 1 N–H and O–H groups in total. The predicted molar refractivity (Wildman–Crippen MR) is 67.5 cm³/mol. The lowest BCUT2D eigenvalue weighted by Gasteiger charge is -2.39. The molecule has 2 atom stereocenters. The number of hydrogen-bond donors (Lipinski definition) is 1. The van der Waals surface area contributed by atoms with E-state index in [4.69, 9.17) is 4.74 Å². The molecule has 1 aliphatic carbocycles. The molecule has 0 amide bonds. The lowest BCUT2D eigenvalue weighted by atomic mass is 9.71. The summed E-state index contributed by atoms with van der Waals surface area (Å²) in [5.74, 6) is 1.72. The third kappa shape index (κ3) is 3.46. The summed E-state index contributed by atoms with van der Waals surface area (Å²) in [4.78, 5) is 0. The van der Waals surface area contributed by atoms with Gasteiger partial charge in [-0.05, 0) is 56.0 Å². The zero-order chi connectivity index (χ0) is 11.6. The lowest BCUT2D eigenvalue weighted by molar-refractivity contribution is -0.0286. The summed E-state index contributed by atoms with van der Waals surface area (Å²) < 4.78 is 6.07. The molecule has 2 unspecified atom stereocenters. The standard InChI is InChI=1S/C14H27NO/c1-11-6-13(8-14(2,3)7-11)16-5-4-12-9-15-10-12/h11-13,15H,4-10H2,1-3H3. The van der Waals surface area contributed by atoms with E-state index in [9.17, 15) is 0 Å². The molecule has 0 aromatic rings. The molecular weight excluding hydrogens is 198 g/mol. The van der Waals surface area contributed by atoms with Gasteiger partial charge in [-0.3, -0.25) is 0 Å². The highest BCUT2D eigenvalue weighted by molar-refractivity contribution is 4.83. The maximum atomic E-state index is 6.07. The quantitative estimate of drug-likeness (QED) is 0.794. The van der Waals surface area contributed by atoms with Crippen molar-refractivity contribution >= 4 is 0 Å². The molecule has 2 heteroatoms. The summed E-state index contributed by atoms with van der Waals surface area (Å²) >= 11 is 0. The highest BCUT2D eigenvalue weighted by Crippen LogP contribution is 2.39. The summed E-state index contributed by atoms with van der Waals surface area (Å²) in [7, 11) is 0. The molecule has 1 aliphatic heterocycles. The van der Waals surface area contributed by atoms with E-state index >= 15 is 0 Å². The van der Waals surface area contributed by atoms with Gasteiger partial charge in [0.1, 0.15) is 0 Å². The van der Waals surface area contributed by atoms with Gasteiger partial charge in [-0.2, -0.15) is 0 Å². The van der Waals surface area contributed by atoms with Crippen molar-refractivity contribution in [3.63, 3.8) is 0 Å². The molecule has 1 heterocycles. The van der Waals surface area contributed by atoms with Gasteiger partial charge < -0.3 is 10.1 Å². The zero-order valence-corrected chi connectivity index (χ0v) is 11.1. The Labute approximate surface area is 100 Å². The molecule has 94 valence electrons. The Hall–Kier alpha value is -0.0800. The fourth-order valence-corrected chi connectivity index (χ4v) is 3.34. The SMILES string of the molecule is CC1CC(OCCC2CNC2)CC(C)(C)C1. The Morgan fingerprint density at radius 1 is 1.25 bits per heavy atom. The van der Waals surface area contributed by atoms with Crippen molar-refractivity contribution in [2.45, 2.75) is 52.6 Å². The molecule has 2 fully saturated rings. The van der Waals surface area contributed by atoms with Crippen LogP contribution >= 0.6 is 0 Å². The van der Waals surface area contributed by atoms with Crippen molar-refractivity contribution < 1.29 is 4.74 Å². The highest BCUT2D eigenvalue weighted by Gasteiger charge is 2.32. The molecule has 0 aromatic heterocycles. The second-order valence-corrected chi connectivity index (χ2v) is 6.72. The van der Waals surface area contributed by atoms with E-state index in [0.29, 0.717) is 11.5 Å². The van der Waals surface area contributed by atoms with Gasteiger partial charge in [0.2, 0.25) is 0 Å². The van der Waals surface area contributed by atoms with Crippen LogP contribution in [0.1, 0.15) is 46.5 Å². The van der Waals surface area contributed by atoms with Crippen LogP contribution in [0.25, 0.3) is 0 Å². The van der Waals surface area contributed by atoms with Gasteiger partial charge in [0.05, 0.1) is 6.10 Å². The summed E-state index contributed by atoms with van der Waals surface area (Å²) in [6.45, 7) is 10.5. The van der Waals surface area contributed by atoms with Crippen LogP contribution in [0, 0.1) is 17.3 Å². The van der Waals surface area contributed by atoms with E-state index in [0.717, 1.165) is 18.4 Å². The van der Waals surface area contributed by atoms with Crippen molar-refractivity contribution in [1.29, 1.82) is 0 Å². The molecule has 16 heavy (non-hydrogen) atoms. The van der Waals surface area contributed by atoms with Gasteiger partial charge in [-0.1, -0.05) is 20.8 Å². The van der Waals surface area contributed by atoms with Crippen molar-refractivity contribution in [1.82, 2.24) is 5.32 Å². The van der Waals surface area contributed by atoms with Gasteiger partial charge in [0.15, 0.2) is 0 Å². The Balaban J connectivity index is 1.67. The largest absolute Gasteiger partial charge is 0.378 e. The monoisotopic (exact) mass is 225 g/mol. The van der Waals surface area contributed by atoms with Crippen LogP contribution < -0.4 is 5.32 Å². The molecular formula is C14H27NO. The van der Waals surface area contributed by atoms with Crippen molar-refractivity contribution in [2.24, 2.45) is 17.3 Å². The molecule has 0 radical (unpaired) electrons. The normalized spacial score (nSPS) is 34.7. The van der Waals surface area contributed by atoms with Gasteiger partial charge in [-0.25, -0.2) is 0 Å². The summed E-state index contributed by atoms with van der Waals surface area (Å²) in [5, 5.41) is 3.31. The molecule has 2 nitrogen and oxygen atoms in total. The fraction of sp³-hybridized carbons (Fsp3) is 1.00. The first-order valence-corrected chi connectivity index (χ1v) is 6.87. The molecule has 0 bridgehead atoms. The molecule has 1 saturated carbocycles. The van der Waals surface area contributed by atoms with Gasteiger partial charge >= 0.3 is 0 Å². The van der Waals surface area contributed by atoms with Crippen LogP contribution in [0.3, 0.4) is 0 Å². The van der Waals surface area contributed by atoms with E-state index in [-0.39, 0.29) is 0 Å². The van der Waals surface area contributed by atoms with Gasteiger partial charge in [0, 0.05) is 6.61 Å². The second-order valence-electron chi connectivity index (χ2n) is 6.72. The van der Waals surface area contributed by atoms with Crippen molar-refractivity contribution in [3.8, 4) is 0 Å². The molecule has 0 spiro atoms. The first-order valence-electron chi connectivity index (χ1n) is 6.87. The minimum Gasteiger partial charge on any atom is -0.378 e. The second kappa shape index (κ2) is 5.05. The fourth-order valence-electron chi connectivity index (χ4n) is 3.34. The lowest BCUT2D eigenvalue weighted by Crippen LogP contribution is -2.42. The van der Waals surface area contributed by atoms with E-state index in [1.54, 1.807) is 0 Å². The summed E-state index contributed by atoms with van der Waals surface area (Å²) in [6, 6.07) is 0. The average molecular weight is 225 g/mol.